The minimum absolute atomic E-state index is 0.00830. The molecule has 112 valence electrons. The Bertz CT molecular complexity index is 684. The predicted molar refractivity (Wildman–Crippen MR) is 80.4 cm³/mol. The van der Waals surface area contributed by atoms with Crippen molar-refractivity contribution in [3.05, 3.63) is 46.3 Å². The first-order valence-corrected chi connectivity index (χ1v) is 7.61. The lowest BCUT2D eigenvalue weighted by Crippen LogP contribution is -2.09. The van der Waals surface area contributed by atoms with Gasteiger partial charge in [0.1, 0.15) is 17.3 Å². The molecule has 0 spiro atoms. The van der Waals surface area contributed by atoms with Crippen LogP contribution in [-0.4, -0.2) is 11.7 Å². The van der Waals surface area contributed by atoms with Crippen LogP contribution < -0.4 is 5.73 Å². The van der Waals surface area contributed by atoms with E-state index in [1.54, 1.807) is 30.8 Å². The van der Waals surface area contributed by atoms with E-state index in [-0.39, 0.29) is 11.5 Å². The molecule has 0 saturated heterocycles. The number of thioether (sulfide) groups is 1. The van der Waals surface area contributed by atoms with Crippen LogP contribution in [0.1, 0.15) is 50.7 Å². The van der Waals surface area contributed by atoms with Gasteiger partial charge in [0, 0.05) is 11.3 Å². The zero-order valence-electron chi connectivity index (χ0n) is 12.2. The Morgan fingerprint density at radius 3 is 2.43 bits per heavy atom. The Kier molecular flexibility index (Phi) is 4.57. The molecular weight excluding hydrogens is 290 g/mol. The first kappa shape index (κ1) is 15.4. The molecule has 2 heterocycles. The molecule has 2 N–H and O–H groups in total. The first-order chi connectivity index (χ1) is 9.90. The van der Waals surface area contributed by atoms with E-state index in [0.29, 0.717) is 28.6 Å². The molecule has 0 saturated carbocycles. The van der Waals surface area contributed by atoms with Crippen LogP contribution >= 0.6 is 11.8 Å². The SMILES string of the molecule is CC(=O)c1c(C)oc(C)c1CSCc1ccc(C(N)=O)o1. The Balaban J connectivity index is 2.03. The molecule has 0 unspecified atom stereocenters. The minimum Gasteiger partial charge on any atom is -0.466 e. The van der Waals surface area contributed by atoms with Gasteiger partial charge in [-0.3, -0.25) is 9.59 Å². The van der Waals surface area contributed by atoms with E-state index in [1.165, 1.54) is 6.92 Å². The largest absolute Gasteiger partial charge is 0.466 e. The van der Waals surface area contributed by atoms with Crippen molar-refractivity contribution >= 4 is 23.5 Å². The highest BCUT2D eigenvalue weighted by Crippen LogP contribution is 2.28. The van der Waals surface area contributed by atoms with Gasteiger partial charge in [-0.25, -0.2) is 0 Å². The van der Waals surface area contributed by atoms with Crippen LogP contribution in [-0.2, 0) is 11.5 Å². The van der Waals surface area contributed by atoms with Crippen molar-refractivity contribution in [2.45, 2.75) is 32.3 Å². The van der Waals surface area contributed by atoms with E-state index in [0.717, 1.165) is 11.3 Å². The quantitative estimate of drug-likeness (QED) is 0.828. The van der Waals surface area contributed by atoms with Crippen LogP contribution in [0.4, 0.5) is 0 Å². The van der Waals surface area contributed by atoms with Crippen molar-refractivity contribution in [2.24, 2.45) is 5.73 Å². The summed E-state index contributed by atoms with van der Waals surface area (Å²) in [5.74, 6) is 2.92. The molecule has 0 aliphatic heterocycles. The van der Waals surface area contributed by atoms with E-state index in [9.17, 15) is 9.59 Å². The van der Waals surface area contributed by atoms with Gasteiger partial charge in [-0.2, -0.15) is 0 Å². The molecule has 0 atom stereocenters. The summed E-state index contributed by atoms with van der Waals surface area (Å²) in [6.07, 6.45) is 0. The number of primary amides is 1. The summed E-state index contributed by atoms with van der Waals surface area (Å²) in [5, 5.41) is 0. The van der Waals surface area contributed by atoms with Gasteiger partial charge in [0.05, 0.1) is 11.3 Å². The van der Waals surface area contributed by atoms with Crippen molar-refractivity contribution in [3.63, 3.8) is 0 Å². The Morgan fingerprint density at radius 2 is 1.86 bits per heavy atom. The summed E-state index contributed by atoms with van der Waals surface area (Å²) in [7, 11) is 0. The maximum absolute atomic E-state index is 11.7. The average molecular weight is 307 g/mol. The molecule has 0 bridgehead atoms. The van der Waals surface area contributed by atoms with E-state index >= 15 is 0 Å². The molecule has 0 aromatic carbocycles. The topological polar surface area (TPSA) is 86.4 Å². The second-order valence-corrected chi connectivity index (χ2v) is 5.73. The number of carbonyl (C=O) groups is 2. The number of hydrogen-bond acceptors (Lipinski definition) is 5. The van der Waals surface area contributed by atoms with Crippen molar-refractivity contribution in [1.29, 1.82) is 0 Å². The molecule has 2 aromatic heterocycles. The third kappa shape index (κ3) is 3.39. The summed E-state index contributed by atoms with van der Waals surface area (Å²) in [4.78, 5) is 22.6. The van der Waals surface area contributed by atoms with Crippen LogP contribution in [0.25, 0.3) is 0 Å². The highest BCUT2D eigenvalue weighted by atomic mass is 32.2. The molecular formula is C15H17NO4S. The summed E-state index contributed by atoms with van der Waals surface area (Å²) < 4.78 is 10.8. The Morgan fingerprint density at radius 1 is 1.14 bits per heavy atom. The molecule has 1 amide bonds. The van der Waals surface area contributed by atoms with Crippen molar-refractivity contribution in [3.8, 4) is 0 Å². The lowest BCUT2D eigenvalue weighted by molar-refractivity contribution is 0.0971. The molecule has 21 heavy (non-hydrogen) atoms. The fraction of sp³-hybridized carbons (Fsp3) is 0.333. The Labute approximate surface area is 126 Å². The zero-order valence-corrected chi connectivity index (χ0v) is 13.0. The lowest BCUT2D eigenvalue weighted by atomic mass is 10.1. The summed E-state index contributed by atoms with van der Waals surface area (Å²) >= 11 is 1.59. The number of ketones is 1. The van der Waals surface area contributed by atoms with Crippen LogP contribution in [0.3, 0.4) is 0 Å². The minimum atomic E-state index is -0.577. The maximum Gasteiger partial charge on any atom is 0.284 e. The smallest absolute Gasteiger partial charge is 0.284 e. The van der Waals surface area contributed by atoms with Crippen LogP contribution in [0.5, 0.6) is 0 Å². The fourth-order valence-corrected chi connectivity index (χ4v) is 3.22. The molecule has 5 nitrogen and oxygen atoms in total. The highest BCUT2D eigenvalue weighted by Gasteiger charge is 2.18. The number of rotatable bonds is 6. The number of carbonyl (C=O) groups excluding carboxylic acids is 2. The maximum atomic E-state index is 11.7. The highest BCUT2D eigenvalue weighted by molar-refractivity contribution is 7.97. The van der Waals surface area contributed by atoms with Crippen molar-refractivity contribution in [1.82, 2.24) is 0 Å². The van der Waals surface area contributed by atoms with Gasteiger partial charge >= 0.3 is 0 Å². The number of Topliss-reactive ketones (excluding diaryl/α,β-unsaturated/α-hetero) is 1. The van der Waals surface area contributed by atoms with Gasteiger partial charge in [0.2, 0.25) is 0 Å². The average Bonchev–Trinajstić information content (AvgIpc) is 2.95. The monoisotopic (exact) mass is 307 g/mol. The molecule has 0 aliphatic carbocycles. The standard InChI is InChI=1S/C15H17NO4S/c1-8(17)14-10(3)19-9(2)12(14)7-21-6-11-4-5-13(20-11)15(16)18/h4-5H,6-7H2,1-3H3,(H2,16,18). The third-order valence-electron chi connectivity index (χ3n) is 3.13. The van der Waals surface area contributed by atoms with Gasteiger partial charge in [0.25, 0.3) is 5.91 Å². The van der Waals surface area contributed by atoms with Crippen molar-refractivity contribution in [2.75, 3.05) is 0 Å². The molecule has 0 fully saturated rings. The number of nitrogens with two attached hydrogens (primary N) is 1. The Hall–Kier alpha value is -1.95. The van der Waals surface area contributed by atoms with Crippen LogP contribution in [0, 0.1) is 13.8 Å². The molecule has 0 aliphatic rings. The number of furan rings is 2. The zero-order chi connectivity index (χ0) is 15.6. The first-order valence-electron chi connectivity index (χ1n) is 6.46. The van der Waals surface area contributed by atoms with E-state index in [1.807, 2.05) is 6.92 Å². The van der Waals surface area contributed by atoms with Gasteiger partial charge in [-0.1, -0.05) is 0 Å². The third-order valence-corrected chi connectivity index (χ3v) is 4.11. The van der Waals surface area contributed by atoms with Crippen molar-refractivity contribution < 1.29 is 18.4 Å². The van der Waals surface area contributed by atoms with Gasteiger partial charge < -0.3 is 14.6 Å². The normalized spacial score (nSPS) is 10.8. The summed E-state index contributed by atoms with van der Waals surface area (Å²) in [6, 6.07) is 3.29. The lowest BCUT2D eigenvalue weighted by Gasteiger charge is -2.02. The van der Waals surface area contributed by atoms with E-state index in [4.69, 9.17) is 14.6 Å². The second kappa shape index (κ2) is 6.22. The van der Waals surface area contributed by atoms with Crippen LogP contribution in [0.2, 0.25) is 0 Å². The molecule has 6 heteroatoms. The van der Waals surface area contributed by atoms with Gasteiger partial charge in [-0.15, -0.1) is 11.8 Å². The number of aryl methyl sites for hydroxylation is 2. The van der Waals surface area contributed by atoms with Gasteiger partial charge in [0.15, 0.2) is 11.5 Å². The molecule has 2 aromatic rings. The number of hydrogen-bond donors (Lipinski definition) is 1. The van der Waals surface area contributed by atoms with E-state index in [2.05, 4.69) is 0 Å². The predicted octanol–water partition coefficient (Wildman–Crippen LogP) is 3.22. The fourth-order valence-electron chi connectivity index (χ4n) is 2.21. The second-order valence-electron chi connectivity index (χ2n) is 4.75. The van der Waals surface area contributed by atoms with Gasteiger partial charge in [-0.05, 0) is 32.9 Å². The number of amides is 1. The summed E-state index contributed by atoms with van der Waals surface area (Å²) in [6.45, 7) is 5.19. The van der Waals surface area contributed by atoms with E-state index < -0.39 is 5.91 Å². The summed E-state index contributed by atoms with van der Waals surface area (Å²) in [5.41, 5.74) is 6.72. The molecule has 2 rings (SSSR count). The van der Waals surface area contributed by atoms with Crippen LogP contribution in [0.15, 0.2) is 21.0 Å². The molecule has 0 radical (unpaired) electrons.